The van der Waals surface area contributed by atoms with Crippen molar-refractivity contribution in [3.8, 4) is 0 Å². The number of aliphatic carboxylic acids is 1. The van der Waals surface area contributed by atoms with Gasteiger partial charge in [0.15, 0.2) is 0 Å². The number of aromatic nitrogens is 1. The van der Waals surface area contributed by atoms with Gasteiger partial charge in [-0.25, -0.2) is 4.79 Å². The highest BCUT2D eigenvalue weighted by atomic mass is 16.4. The van der Waals surface area contributed by atoms with Gasteiger partial charge in [0.05, 0.1) is 0 Å². The standard InChI is InChI=1S/C10H15NO2/c1-8(2)7-9(10(12)13)11-5-3-4-6-11/h3-6,8-9H,7H2,1-2H3,(H,12,13)/t9-/m0/s1. The zero-order valence-electron chi connectivity index (χ0n) is 7.97. The highest BCUT2D eigenvalue weighted by Gasteiger charge is 2.19. The fourth-order valence-electron chi connectivity index (χ4n) is 1.35. The van der Waals surface area contributed by atoms with Crippen LogP contribution >= 0.6 is 0 Å². The molecular weight excluding hydrogens is 166 g/mol. The second kappa shape index (κ2) is 4.12. The van der Waals surface area contributed by atoms with E-state index in [2.05, 4.69) is 0 Å². The molecule has 0 spiro atoms. The Bertz CT molecular complexity index is 264. The Labute approximate surface area is 78.0 Å². The van der Waals surface area contributed by atoms with Crippen molar-refractivity contribution in [1.82, 2.24) is 4.57 Å². The lowest BCUT2D eigenvalue weighted by Gasteiger charge is -2.16. The SMILES string of the molecule is CC(C)C[C@@H](C(=O)O)n1cccc1. The molecule has 72 valence electrons. The molecule has 0 unspecified atom stereocenters. The zero-order chi connectivity index (χ0) is 9.84. The first-order valence-corrected chi connectivity index (χ1v) is 4.46. The number of carboxylic acid groups (broad SMARTS) is 1. The lowest BCUT2D eigenvalue weighted by atomic mass is 10.0. The third kappa shape index (κ3) is 2.61. The third-order valence-electron chi connectivity index (χ3n) is 1.97. The van der Waals surface area contributed by atoms with Crippen LogP contribution in [0.5, 0.6) is 0 Å². The van der Waals surface area contributed by atoms with Crippen molar-refractivity contribution in [2.75, 3.05) is 0 Å². The van der Waals surface area contributed by atoms with Crippen LogP contribution in [-0.2, 0) is 4.79 Å². The molecule has 0 aromatic carbocycles. The molecule has 3 heteroatoms. The second-order valence-electron chi connectivity index (χ2n) is 3.61. The van der Waals surface area contributed by atoms with Gasteiger partial charge in [-0.05, 0) is 24.5 Å². The van der Waals surface area contributed by atoms with E-state index < -0.39 is 12.0 Å². The van der Waals surface area contributed by atoms with Gasteiger partial charge in [0, 0.05) is 12.4 Å². The molecule has 1 aromatic rings. The largest absolute Gasteiger partial charge is 0.480 e. The van der Waals surface area contributed by atoms with E-state index in [4.69, 9.17) is 5.11 Å². The van der Waals surface area contributed by atoms with E-state index in [9.17, 15) is 4.79 Å². The van der Waals surface area contributed by atoms with Crippen LogP contribution in [0.2, 0.25) is 0 Å². The smallest absolute Gasteiger partial charge is 0.326 e. The summed E-state index contributed by atoms with van der Waals surface area (Å²) < 4.78 is 1.74. The number of hydrogen-bond donors (Lipinski definition) is 1. The van der Waals surface area contributed by atoms with Crippen molar-refractivity contribution in [2.24, 2.45) is 5.92 Å². The van der Waals surface area contributed by atoms with E-state index in [-0.39, 0.29) is 0 Å². The first-order valence-electron chi connectivity index (χ1n) is 4.46. The molecule has 13 heavy (non-hydrogen) atoms. The molecule has 0 saturated carbocycles. The normalized spacial score (nSPS) is 13.2. The van der Waals surface area contributed by atoms with Crippen molar-refractivity contribution in [1.29, 1.82) is 0 Å². The third-order valence-corrected chi connectivity index (χ3v) is 1.97. The summed E-state index contributed by atoms with van der Waals surface area (Å²) in [4.78, 5) is 10.9. The topological polar surface area (TPSA) is 42.2 Å². The van der Waals surface area contributed by atoms with Crippen molar-refractivity contribution < 1.29 is 9.90 Å². The minimum Gasteiger partial charge on any atom is -0.480 e. The number of hydrogen-bond acceptors (Lipinski definition) is 1. The fourth-order valence-corrected chi connectivity index (χ4v) is 1.35. The lowest BCUT2D eigenvalue weighted by molar-refractivity contribution is -0.141. The van der Waals surface area contributed by atoms with Crippen LogP contribution in [0.15, 0.2) is 24.5 Å². The van der Waals surface area contributed by atoms with Crippen LogP contribution in [0.3, 0.4) is 0 Å². The summed E-state index contributed by atoms with van der Waals surface area (Å²) in [5, 5.41) is 8.97. The summed E-state index contributed by atoms with van der Waals surface area (Å²) >= 11 is 0. The first kappa shape index (κ1) is 9.84. The highest BCUT2D eigenvalue weighted by molar-refractivity contribution is 5.71. The molecule has 0 aliphatic heterocycles. The Morgan fingerprint density at radius 2 is 1.92 bits per heavy atom. The van der Waals surface area contributed by atoms with Gasteiger partial charge in [-0.15, -0.1) is 0 Å². The van der Waals surface area contributed by atoms with E-state index in [0.717, 1.165) is 0 Å². The predicted octanol–water partition coefficient (Wildman–Crippen LogP) is 2.16. The van der Waals surface area contributed by atoms with E-state index in [0.29, 0.717) is 12.3 Å². The summed E-state index contributed by atoms with van der Waals surface area (Å²) in [6.45, 7) is 4.05. The lowest BCUT2D eigenvalue weighted by Crippen LogP contribution is -2.19. The molecule has 3 nitrogen and oxygen atoms in total. The molecule has 0 saturated heterocycles. The predicted molar refractivity (Wildman–Crippen MR) is 50.6 cm³/mol. The molecule has 1 atom stereocenters. The first-order chi connectivity index (χ1) is 6.11. The van der Waals surface area contributed by atoms with Gasteiger partial charge in [-0.2, -0.15) is 0 Å². The van der Waals surface area contributed by atoms with Crippen LogP contribution in [0.4, 0.5) is 0 Å². The second-order valence-corrected chi connectivity index (χ2v) is 3.61. The molecule has 0 bridgehead atoms. The Morgan fingerprint density at radius 1 is 1.38 bits per heavy atom. The highest BCUT2D eigenvalue weighted by Crippen LogP contribution is 2.17. The monoisotopic (exact) mass is 181 g/mol. The molecule has 0 amide bonds. The summed E-state index contributed by atoms with van der Waals surface area (Å²) in [5.74, 6) is -0.367. The molecule has 0 aliphatic carbocycles. The van der Waals surface area contributed by atoms with Crippen LogP contribution in [0, 0.1) is 5.92 Å². The van der Waals surface area contributed by atoms with Gasteiger partial charge in [0.1, 0.15) is 6.04 Å². The van der Waals surface area contributed by atoms with E-state index in [1.165, 1.54) is 0 Å². The van der Waals surface area contributed by atoms with Gasteiger partial charge < -0.3 is 9.67 Å². The summed E-state index contributed by atoms with van der Waals surface area (Å²) in [5.41, 5.74) is 0. The molecule has 1 N–H and O–H groups in total. The van der Waals surface area contributed by atoms with Crippen molar-refractivity contribution in [2.45, 2.75) is 26.3 Å². The van der Waals surface area contributed by atoms with Crippen LogP contribution in [0.25, 0.3) is 0 Å². The van der Waals surface area contributed by atoms with Gasteiger partial charge in [0.2, 0.25) is 0 Å². The van der Waals surface area contributed by atoms with Crippen molar-refractivity contribution in [3.05, 3.63) is 24.5 Å². The Kier molecular flexibility index (Phi) is 3.12. The molecule has 0 aliphatic rings. The zero-order valence-corrected chi connectivity index (χ0v) is 7.97. The average molecular weight is 181 g/mol. The van der Waals surface area contributed by atoms with Crippen LogP contribution in [0.1, 0.15) is 26.3 Å². The molecule has 0 fully saturated rings. The maximum absolute atomic E-state index is 10.9. The molecule has 0 radical (unpaired) electrons. The summed E-state index contributed by atoms with van der Waals surface area (Å²) in [7, 11) is 0. The molecule has 1 rings (SSSR count). The Morgan fingerprint density at radius 3 is 2.31 bits per heavy atom. The average Bonchev–Trinajstić information content (AvgIpc) is 2.50. The minimum absolute atomic E-state index is 0.392. The molecule has 1 heterocycles. The van der Waals surface area contributed by atoms with Gasteiger partial charge in [-0.1, -0.05) is 13.8 Å². The summed E-state index contributed by atoms with van der Waals surface area (Å²) in [6, 6.07) is 3.27. The number of rotatable bonds is 4. The van der Waals surface area contributed by atoms with Crippen LogP contribution in [-0.4, -0.2) is 15.6 Å². The van der Waals surface area contributed by atoms with Gasteiger partial charge in [0.25, 0.3) is 0 Å². The van der Waals surface area contributed by atoms with Crippen molar-refractivity contribution >= 4 is 5.97 Å². The molecule has 1 aromatic heterocycles. The van der Waals surface area contributed by atoms with Gasteiger partial charge in [-0.3, -0.25) is 0 Å². The van der Waals surface area contributed by atoms with Crippen molar-refractivity contribution in [3.63, 3.8) is 0 Å². The quantitative estimate of drug-likeness (QED) is 0.773. The maximum Gasteiger partial charge on any atom is 0.326 e. The van der Waals surface area contributed by atoms with Crippen LogP contribution < -0.4 is 0 Å². The van der Waals surface area contributed by atoms with E-state index in [1.54, 1.807) is 17.0 Å². The number of carboxylic acids is 1. The number of carbonyl (C=O) groups is 1. The van der Waals surface area contributed by atoms with E-state index >= 15 is 0 Å². The summed E-state index contributed by atoms with van der Waals surface area (Å²) in [6.07, 6.45) is 4.26. The minimum atomic E-state index is -0.759. The fraction of sp³-hybridized carbons (Fsp3) is 0.500. The Balaban J connectivity index is 2.75. The number of nitrogens with zero attached hydrogens (tertiary/aromatic N) is 1. The van der Waals surface area contributed by atoms with E-state index in [1.807, 2.05) is 26.0 Å². The Hall–Kier alpha value is -1.25. The van der Waals surface area contributed by atoms with Gasteiger partial charge >= 0.3 is 5.97 Å². The maximum atomic E-state index is 10.9. The molecular formula is C10H15NO2.